The van der Waals surface area contributed by atoms with Crippen molar-refractivity contribution in [1.29, 1.82) is 0 Å². The maximum atomic E-state index is 11.6. The van der Waals surface area contributed by atoms with E-state index in [2.05, 4.69) is 5.32 Å². The Kier molecular flexibility index (Phi) is 3.52. The van der Waals surface area contributed by atoms with Gasteiger partial charge in [0.15, 0.2) is 6.23 Å². The van der Waals surface area contributed by atoms with Crippen LogP contribution in [0.1, 0.15) is 20.3 Å². The van der Waals surface area contributed by atoms with Crippen LogP contribution in [0.4, 0.5) is 9.59 Å². The molecule has 86 valence electrons. The van der Waals surface area contributed by atoms with E-state index in [4.69, 9.17) is 0 Å². The second-order valence-electron chi connectivity index (χ2n) is 3.77. The normalized spacial score (nSPS) is 23.2. The minimum atomic E-state index is -1.05. The lowest BCUT2D eigenvalue weighted by atomic mass is 10.3. The van der Waals surface area contributed by atoms with Gasteiger partial charge in [0.05, 0.1) is 6.54 Å². The predicted molar refractivity (Wildman–Crippen MR) is 54.2 cm³/mol. The zero-order valence-corrected chi connectivity index (χ0v) is 9.23. The van der Waals surface area contributed by atoms with E-state index in [1.807, 2.05) is 13.8 Å². The van der Waals surface area contributed by atoms with Crippen LogP contribution in [-0.4, -0.2) is 52.8 Å². The van der Waals surface area contributed by atoms with Gasteiger partial charge < -0.3 is 15.3 Å². The lowest BCUT2D eigenvalue weighted by Gasteiger charge is -2.20. The van der Waals surface area contributed by atoms with E-state index in [1.54, 1.807) is 7.05 Å². The summed E-state index contributed by atoms with van der Waals surface area (Å²) in [7, 11) is 1.54. The lowest BCUT2D eigenvalue weighted by Crippen LogP contribution is -2.48. The minimum Gasteiger partial charge on any atom is -0.371 e. The number of hydrogen-bond donors (Lipinski definition) is 2. The third-order valence-electron chi connectivity index (χ3n) is 2.47. The number of nitrogens with one attached hydrogen (secondary N) is 1. The molecule has 6 heteroatoms. The van der Waals surface area contributed by atoms with Crippen LogP contribution in [0.2, 0.25) is 0 Å². The van der Waals surface area contributed by atoms with Crippen LogP contribution in [0.25, 0.3) is 0 Å². The van der Waals surface area contributed by atoms with E-state index in [-0.39, 0.29) is 12.6 Å². The fraction of sp³-hybridized carbons (Fsp3) is 0.778. The van der Waals surface area contributed by atoms with E-state index in [1.165, 1.54) is 4.90 Å². The zero-order chi connectivity index (χ0) is 11.6. The van der Waals surface area contributed by atoms with Gasteiger partial charge in [0.2, 0.25) is 0 Å². The maximum Gasteiger partial charge on any atom is 0.330 e. The average molecular weight is 215 g/mol. The number of rotatable bonds is 2. The van der Waals surface area contributed by atoms with Gasteiger partial charge in [0.25, 0.3) is 0 Å². The molecule has 0 saturated carbocycles. The molecular formula is C9H17N3O3. The Labute approximate surface area is 88.8 Å². The summed E-state index contributed by atoms with van der Waals surface area (Å²) < 4.78 is 0. The first kappa shape index (κ1) is 11.8. The molecule has 2 N–H and O–H groups in total. The van der Waals surface area contributed by atoms with Crippen molar-refractivity contribution in [2.24, 2.45) is 0 Å². The molecule has 0 aromatic carbocycles. The zero-order valence-electron chi connectivity index (χ0n) is 9.23. The van der Waals surface area contributed by atoms with Crippen molar-refractivity contribution in [3.05, 3.63) is 0 Å². The maximum absolute atomic E-state index is 11.6. The summed E-state index contributed by atoms with van der Waals surface area (Å²) in [4.78, 5) is 25.2. The van der Waals surface area contributed by atoms with Crippen LogP contribution in [0, 0.1) is 0 Å². The number of aliphatic hydroxyl groups excluding tert-OH is 1. The highest BCUT2D eigenvalue weighted by atomic mass is 16.3. The quantitative estimate of drug-likeness (QED) is 0.690. The molecule has 0 radical (unpaired) electrons. The summed E-state index contributed by atoms with van der Waals surface area (Å²) in [6, 6.07) is -1.02. The Hall–Kier alpha value is -1.30. The molecule has 0 aromatic heterocycles. The summed E-state index contributed by atoms with van der Waals surface area (Å²) >= 11 is 0. The summed E-state index contributed by atoms with van der Waals surface area (Å²) in [6.45, 7) is 3.93. The number of urea groups is 2. The van der Waals surface area contributed by atoms with Crippen LogP contribution < -0.4 is 5.32 Å². The van der Waals surface area contributed by atoms with Gasteiger partial charge in [0.1, 0.15) is 0 Å². The molecule has 1 fully saturated rings. The SMILES string of the molecule is CCC(C)NC(=O)N1C(=O)N(C)CC1O. The minimum absolute atomic E-state index is 0.0107. The van der Waals surface area contributed by atoms with Crippen LogP contribution in [-0.2, 0) is 0 Å². The third-order valence-corrected chi connectivity index (χ3v) is 2.47. The largest absolute Gasteiger partial charge is 0.371 e. The number of likely N-dealkylation sites (N-methyl/N-ethyl adjacent to an activating group) is 1. The summed E-state index contributed by atoms with van der Waals surface area (Å²) in [5.41, 5.74) is 0. The van der Waals surface area contributed by atoms with Crippen molar-refractivity contribution in [3.63, 3.8) is 0 Å². The predicted octanol–water partition coefficient (Wildman–Crippen LogP) is 0.180. The molecule has 1 aliphatic heterocycles. The van der Waals surface area contributed by atoms with Gasteiger partial charge in [0, 0.05) is 13.1 Å². The van der Waals surface area contributed by atoms with E-state index in [0.29, 0.717) is 0 Å². The molecule has 1 rings (SSSR count). The van der Waals surface area contributed by atoms with Crippen molar-refractivity contribution in [1.82, 2.24) is 15.1 Å². The van der Waals surface area contributed by atoms with Crippen molar-refractivity contribution in [3.8, 4) is 0 Å². The second-order valence-corrected chi connectivity index (χ2v) is 3.77. The van der Waals surface area contributed by atoms with E-state index >= 15 is 0 Å². The number of carbonyl (C=O) groups excluding carboxylic acids is 2. The van der Waals surface area contributed by atoms with Crippen LogP contribution in [0.15, 0.2) is 0 Å². The molecule has 6 nitrogen and oxygen atoms in total. The van der Waals surface area contributed by atoms with Gasteiger partial charge in [-0.2, -0.15) is 0 Å². The number of aliphatic hydroxyl groups is 1. The van der Waals surface area contributed by atoms with Gasteiger partial charge in [-0.15, -0.1) is 0 Å². The molecule has 1 aliphatic rings. The fourth-order valence-electron chi connectivity index (χ4n) is 1.32. The standard InChI is InChI=1S/C9H17N3O3/c1-4-6(2)10-8(14)12-7(13)5-11(3)9(12)15/h6-7,13H,4-5H2,1-3H3,(H,10,14). The highest BCUT2D eigenvalue weighted by Gasteiger charge is 2.38. The molecule has 1 heterocycles. The molecule has 0 spiro atoms. The monoisotopic (exact) mass is 215 g/mol. The van der Waals surface area contributed by atoms with Crippen molar-refractivity contribution >= 4 is 12.1 Å². The first-order valence-corrected chi connectivity index (χ1v) is 5.00. The first-order chi connectivity index (χ1) is 6.97. The van der Waals surface area contributed by atoms with Gasteiger partial charge in [-0.05, 0) is 13.3 Å². The molecular weight excluding hydrogens is 198 g/mol. The van der Waals surface area contributed by atoms with Crippen LogP contribution in [0.3, 0.4) is 0 Å². The Morgan fingerprint density at radius 1 is 1.73 bits per heavy atom. The van der Waals surface area contributed by atoms with Gasteiger partial charge >= 0.3 is 12.1 Å². The summed E-state index contributed by atoms with van der Waals surface area (Å²) in [5, 5.41) is 12.1. The molecule has 1 saturated heterocycles. The van der Waals surface area contributed by atoms with Crippen LogP contribution in [0.5, 0.6) is 0 Å². The Bertz CT molecular complexity index is 269. The van der Waals surface area contributed by atoms with Crippen molar-refractivity contribution in [2.45, 2.75) is 32.5 Å². The number of hydrogen-bond acceptors (Lipinski definition) is 3. The molecule has 0 bridgehead atoms. The van der Waals surface area contributed by atoms with Gasteiger partial charge in [-0.1, -0.05) is 6.92 Å². The highest BCUT2D eigenvalue weighted by molar-refractivity contribution is 5.95. The highest BCUT2D eigenvalue weighted by Crippen LogP contribution is 2.12. The molecule has 2 atom stereocenters. The summed E-state index contributed by atoms with van der Waals surface area (Å²) in [6.07, 6.45) is -0.272. The first-order valence-electron chi connectivity index (χ1n) is 5.00. The Morgan fingerprint density at radius 3 is 2.73 bits per heavy atom. The van der Waals surface area contributed by atoms with Gasteiger partial charge in [-0.25, -0.2) is 14.5 Å². The van der Waals surface area contributed by atoms with Gasteiger partial charge in [-0.3, -0.25) is 0 Å². The summed E-state index contributed by atoms with van der Waals surface area (Å²) in [5.74, 6) is 0. The number of nitrogens with zero attached hydrogens (tertiary/aromatic N) is 2. The number of imide groups is 1. The van der Waals surface area contributed by atoms with E-state index in [9.17, 15) is 14.7 Å². The van der Waals surface area contributed by atoms with Crippen molar-refractivity contribution < 1.29 is 14.7 Å². The topological polar surface area (TPSA) is 72.9 Å². The molecule has 0 aliphatic carbocycles. The average Bonchev–Trinajstić information content (AvgIpc) is 2.41. The molecule has 2 unspecified atom stereocenters. The van der Waals surface area contributed by atoms with Crippen LogP contribution >= 0.6 is 0 Å². The number of amides is 4. The number of β-amino-alcohol motifs (C(OH)–C–C–N with tert-alkyl or cyclic N) is 1. The fourth-order valence-corrected chi connectivity index (χ4v) is 1.32. The molecule has 4 amide bonds. The molecule has 0 aromatic rings. The smallest absolute Gasteiger partial charge is 0.330 e. The van der Waals surface area contributed by atoms with E-state index < -0.39 is 18.3 Å². The van der Waals surface area contributed by atoms with E-state index in [0.717, 1.165) is 11.3 Å². The number of carbonyl (C=O) groups is 2. The second kappa shape index (κ2) is 4.48. The lowest BCUT2D eigenvalue weighted by molar-refractivity contribution is 0.0801. The van der Waals surface area contributed by atoms with Crippen molar-refractivity contribution in [2.75, 3.05) is 13.6 Å². The third kappa shape index (κ3) is 2.38. The Morgan fingerprint density at radius 2 is 2.33 bits per heavy atom. The Balaban J connectivity index is 2.63. The molecule has 15 heavy (non-hydrogen) atoms.